The molecule has 1 aromatic carbocycles. The largest absolute Gasteiger partial charge is 0.481 e. The van der Waals surface area contributed by atoms with E-state index >= 15 is 0 Å². The average Bonchev–Trinajstić information content (AvgIpc) is 3.47. The molecule has 1 aromatic rings. The summed E-state index contributed by atoms with van der Waals surface area (Å²) in [5.74, 6) is -1.10. The fourth-order valence-corrected chi connectivity index (χ4v) is 3.44. The molecule has 7 nitrogen and oxygen atoms in total. The SMILES string of the molecule is COCC1(C(=O)O)CCCN(C(=O)c2cccc(NC(=O)C3CC3)c2)C1. The fraction of sp³-hybridized carbons (Fsp3) is 0.526. The first-order valence-corrected chi connectivity index (χ1v) is 8.88. The molecule has 3 rings (SSSR count). The predicted octanol–water partition coefficient (Wildman–Crippen LogP) is 1.99. The molecule has 1 saturated heterocycles. The van der Waals surface area contributed by atoms with Gasteiger partial charge in [0.05, 0.1) is 6.61 Å². The van der Waals surface area contributed by atoms with Crippen LogP contribution in [0.3, 0.4) is 0 Å². The van der Waals surface area contributed by atoms with Crippen molar-refractivity contribution < 1.29 is 24.2 Å². The molecule has 26 heavy (non-hydrogen) atoms. The maximum absolute atomic E-state index is 12.9. The van der Waals surface area contributed by atoms with Gasteiger partial charge in [-0.2, -0.15) is 0 Å². The van der Waals surface area contributed by atoms with Gasteiger partial charge in [0, 0.05) is 37.4 Å². The van der Waals surface area contributed by atoms with Gasteiger partial charge in [0.1, 0.15) is 5.41 Å². The molecule has 0 aromatic heterocycles. The molecule has 0 spiro atoms. The molecule has 0 radical (unpaired) electrons. The molecule has 1 saturated carbocycles. The molecular weight excluding hydrogens is 336 g/mol. The van der Waals surface area contributed by atoms with Crippen LogP contribution in [0.15, 0.2) is 24.3 Å². The zero-order valence-corrected chi connectivity index (χ0v) is 14.9. The number of nitrogens with one attached hydrogen (secondary N) is 1. The van der Waals surface area contributed by atoms with Crippen LogP contribution in [-0.4, -0.2) is 54.6 Å². The standard InChI is InChI=1S/C19H24N2O5/c1-26-12-19(18(24)25)8-3-9-21(11-19)17(23)14-4-2-5-15(10-14)20-16(22)13-6-7-13/h2,4-5,10,13H,3,6-9,11-12H2,1H3,(H,20,22)(H,24,25). The second kappa shape index (κ2) is 7.45. The summed E-state index contributed by atoms with van der Waals surface area (Å²) >= 11 is 0. The van der Waals surface area contributed by atoms with Crippen LogP contribution in [0.4, 0.5) is 5.69 Å². The molecule has 1 aliphatic heterocycles. The lowest BCUT2D eigenvalue weighted by Crippen LogP contribution is -2.52. The third-order valence-corrected chi connectivity index (χ3v) is 5.06. The van der Waals surface area contributed by atoms with Gasteiger partial charge in [-0.25, -0.2) is 0 Å². The highest BCUT2D eigenvalue weighted by Crippen LogP contribution is 2.32. The number of carbonyl (C=O) groups excluding carboxylic acids is 2. The van der Waals surface area contributed by atoms with Gasteiger partial charge in [0.2, 0.25) is 5.91 Å². The van der Waals surface area contributed by atoms with Crippen LogP contribution in [0.2, 0.25) is 0 Å². The van der Waals surface area contributed by atoms with Crippen molar-refractivity contribution in [3.05, 3.63) is 29.8 Å². The second-order valence-electron chi connectivity index (χ2n) is 7.19. The van der Waals surface area contributed by atoms with E-state index in [9.17, 15) is 19.5 Å². The normalized spacial score (nSPS) is 22.7. The van der Waals surface area contributed by atoms with Crippen molar-refractivity contribution in [1.29, 1.82) is 0 Å². The summed E-state index contributed by atoms with van der Waals surface area (Å²) in [5, 5.41) is 12.5. The Morgan fingerprint density at radius 3 is 2.77 bits per heavy atom. The molecule has 1 heterocycles. The van der Waals surface area contributed by atoms with Crippen LogP contribution in [-0.2, 0) is 14.3 Å². The van der Waals surface area contributed by atoms with Gasteiger partial charge in [-0.3, -0.25) is 14.4 Å². The molecule has 7 heteroatoms. The number of amides is 2. The van der Waals surface area contributed by atoms with Crippen molar-refractivity contribution in [2.24, 2.45) is 11.3 Å². The third-order valence-electron chi connectivity index (χ3n) is 5.06. The Balaban J connectivity index is 1.73. The second-order valence-corrected chi connectivity index (χ2v) is 7.19. The van der Waals surface area contributed by atoms with Crippen LogP contribution in [0.25, 0.3) is 0 Å². The highest BCUT2D eigenvalue weighted by molar-refractivity contribution is 5.98. The Kier molecular flexibility index (Phi) is 5.27. The van der Waals surface area contributed by atoms with Gasteiger partial charge in [-0.1, -0.05) is 6.07 Å². The van der Waals surface area contributed by atoms with Crippen LogP contribution in [0, 0.1) is 11.3 Å². The Morgan fingerprint density at radius 1 is 1.35 bits per heavy atom. The van der Waals surface area contributed by atoms with E-state index in [1.165, 1.54) is 7.11 Å². The topological polar surface area (TPSA) is 95.9 Å². The van der Waals surface area contributed by atoms with E-state index in [1.807, 2.05) is 0 Å². The lowest BCUT2D eigenvalue weighted by atomic mass is 9.80. The van der Waals surface area contributed by atoms with Crippen LogP contribution >= 0.6 is 0 Å². The highest BCUT2D eigenvalue weighted by Gasteiger charge is 2.44. The summed E-state index contributed by atoms with van der Waals surface area (Å²) in [4.78, 5) is 38.1. The minimum atomic E-state index is -1.07. The first-order chi connectivity index (χ1) is 12.4. The number of nitrogens with zero attached hydrogens (tertiary/aromatic N) is 1. The minimum Gasteiger partial charge on any atom is -0.481 e. The summed E-state index contributed by atoms with van der Waals surface area (Å²) in [6, 6.07) is 6.80. The summed E-state index contributed by atoms with van der Waals surface area (Å²) in [7, 11) is 1.47. The van der Waals surface area contributed by atoms with Crippen molar-refractivity contribution in [3.8, 4) is 0 Å². The fourth-order valence-electron chi connectivity index (χ4n) is 3.44. The molecule has 1 aliphatic carbocycles. The zero-order chi connectivity index (χ0) is 18.7. The number of ether oxygens (including phenoxy) is 1. The van der Waals surface area contributed by atoms with Crippen molar-refractivity contribution >= 4 is 23.5 Å². The number of rotatable bonds is 6. The number of carbonyl (C=O) groups is 3. The number of likely N-dealkylation sites (tertiary alicyclic amines) is 1. The molecule has 0 bridgehead atoms. The summed E-state index contributed by atoms with van der Waals surface area (Å²) in [6.07, 6.45) is 2.92. The van der Waals surface area contributed by atoms with Gasteiger partial charge < -0.3 is 20.1 Å². The maximum atomic E-state index is 12.9. The first-order valence-electron chi connectivity index (χ1n) is 8.88. The lowest BCUT2D eigenvalue weighted by Gasteiger charge is -2.39. The number of carboxylic acids is 1. The predicted molar refractivity (Wildman–Crippen MR) is 94.9 cm³/mol. The number of aliphatic carboxylic acids is 1. The summed E-state index contributed by atoms with van der Waals surface area (Å²) < 4.78 is 5.10. The molecule has 140 valence electrons. The first kappa shape index (κ1) is 18.4. The van der Waals surface area contributed by atoms with Crippen LogP contribution in [0.1, 0.15) is 36.0 Å². The average molecular weight is 360 g/mol. The van der Waals surface area contributed by atoms with Crippen LogP contribution < -0.4 is 5.32 Å². The third kappa shape index (κ3) is 3.88. The Labute approximate surface area is 152 Å². The quantitative estimate of drug-likeness (QED) is 0.809. The monoisotopic (exact) mass is 360 g/mol. The van der Waals surface area contributed by atoms with Gasteiger partial charge in [0.15, 0.2) is 0 Å². The highest BCUT2D eigenvalue weighted by atomic mass is 16.5. The molecule has 2 fully saturated rings. The molecular formula is C19H24N2O5. The van der Waals surface area contributed by atoms with Crippen molar-refractivity contribution in [2.45, 2.75) is 25.7 Å². The Morgan fingerprint density at radius 2 is 2.12 bits per heavy atom. The smallest absolute Gasteiger partial charge is 0.313 e. The zero-order valence-electron chi connectivity index (χ0n) is 14.9. The molecule has 1 atom stereocenters. The number of piperidine rings is 1. The summed E-state index contributed by atoms with van der Waals surface area (Å²) in [6.45, 7) is 0.702. The molecule has 2 amide bonds. The molecule has 1 unspecified atom stereocenters. The van der Waals surface area contributed by atoms with Gasteiger partial charge >= 0.3 is 5.97 Å². The van der Waals surface area contributed by atoms with Gasteiger partial charge in [-0.05, 0) is 43.9 Å². The summed E-state index contributed by atoms with van der Waals surface area (Å²) in [5.41, 5.74) is -0.0381. The van der Waals surface area contributed by atoms with Crippen molar-refractivity contribution in [3.63, 3.8) is 0 Å². The molecule has 2 N–H and O–H groups in total. The van der Waals surface area contributed by atoms with E-state index in [-0.39, 0.29) is 30.9 Å². The lowest BCUT2D eigenvalue weighted by molar-refractivity contribution is -0.155. The number of hydrogen-bond acceptors (Lipinski definition) is 4. The van der Waals surface area contributed by atoms with E-state index in [2.05, 4.69) is 5.32 Å². The van der Waals surface area contributed by atoms with E-state index in [1.54, 1.807) is 29.2 Å². The number of hydrogen-bond donors (Lipinski definition) is 2. The van der Waals surface area contributed by atoms with Gasteiger partial charge in [-0.15, -0.1) is 0 Å². The Bertz CT molecular complexity index is 712. The van der Waals surface area contributed by atoms with Crippen LogP contribution in [0.5, 0.6) is 0 Å². The van der Waals surface area contributed by atoms with E-state index < -0.39 is 11.4 Å². The number of benzene rings is 1. The van der Waals surface area contributed by atoms with E-state index in [0.29, 0.717) is 30.6 Å². The Hall–Kier alpha value is -2.41. The van der Waals surface area contributed by atoms with Gasteiger partial charge in [0.25, 0.3) is 5.91 Å². The number of carboxylic acid groups (broad SMARTS) is 1. The van der Waals surface area contributed by atoms with Crippen molar-refractivity contribution in [2.75, 3.05) is 32.1 Å². The van der Waals surface area contributed by atoms with Crippen molar-refractivity contribution in [1.82, 2.24) is 4.90 Å². The van der Waals surface area contributed by atoms with E-state index in [0.717, 1.165) is 12.8 Å². The molecule has 2 aliphatic rings. The number of anilines is 1. The number of methoxy groups -OCH3 is 1. The van der Waals surface area contributed by atoms with E-state index in [4.69, 9.17) is 4.74 Å². The maximum Gasteiger partial charge on any atom is 0.313 e. The minimum absolute atomic E-state index is 0.0161.